The van der Waals surface area contributed by atoms with E-state index in [4.69, 9.17) is 4.74 Å². The lowest BCUT2D eigenvalue weighted by Crippen LogP contribution is -2.30. The first-order valence-corrected chi connectivity index (χ1v) is 7.02. The second kappa shape index (κ2) is 6.82. The third-order valence-corrected chi connectivity index (χ3v) is 3.07. The van der Waals surface area contributed by atoms with Gasteiger partial charge in [0, 0.05) is 6.07 Å². The van der Waals surface area contributed by atoms with Crippen molar-refractivity contribution in [3.05, 3.63) is 55.1 Å². The number of anilines is 1. The number of aromatic nitrogens is 5. The molecule has 1 amide bonds. The van der Waals surface area contributed by atoms with E-state index in [0.29, 0.717) is 5.82 Å². The number of nitrogens with one attached hydrogen (secondary N) is 1. The van der Waals surface area contributed by atoms with Crippen LogP contribution in [0.1, 0.15) is 6.92 Å². The number of para-hydroxylation sites is 1. The van der Waals surface area contributed by atoms with Gasteiger partial charge >= 0.3 is 0 Å². The van der Waals surface area contributed by atoms with Crippen molar-refractivity contribution in [1.29, 1.82) is 0 Å². The lowest BCUT2D eigenvalue weighted by molar-refractivity contribution is -0.122. The lowest BCUT2D eigenvalue weighted by atomic mass is 10.3. The summed E-state index contributed by atoms with van der Waals surface area (Å²) in [6.07, 6.45) is 3.21. The van der Waals surface area contributed by atoms with E-state index in [1.54, 1.807) is 12.1 Å². The monoisotopic (exact) mass is 328 g/mol. The maximum Gasteiger partial charge on any atom is 0.266 e. The van der Waals surface area contributed by atoms with Crippen molar-refractivity contribution in [3.8, 4) is 11.6 Å². The summed E-state index contributed by atoms with van der Waals surface area (Å²) in [6.45, 7) is 1.52. The number of halogens is 1. The number of hydrogen-bond acceptors (Lipinski definition) is 6. The smallest absolute Gasteiger partial charge is 0.266 e. The van der Waals surface area contributed by atoms with Crippen LogP contribution in [0.3, 0.4) is 0 Å². The third-order valence-electron chi connectivity index (χ3n) is 3.07. The van der Waals surface area contributed by atoms with Gasteiger partial charge in [-0.3, -0.25) is 4.79 Å². The van der Waals surface area contributed by atoms with Crippen LogP contribution in [0.5, 0.6) is 5.75 Å². The molecule has 0 aliphatic rings. The Morgan fingerprint density at radius 1 is 1.29 bits per heavy atom. The molecule has 1 aromatic carbocycles. The van der Waals surface area contributed by atoms with Gasteiger partial charge in [-0.15, -0.1) is 0 Å². The molecular formula is C15H13FN6O2. The Morgan fingerprint density at radius 3 is 2.88 bits per heavy atom. The zero-order valence-electron chi connectivity index (χ0n) is 12.6. The zero-order chi connectivity index (χ0) is 16.9. The van der Waals surface area contributed by atoms with E-state index in [0.717, 1.165) is 0 Å². The predicted molar refractivity (Wildman–Crippen MR) is 82.1 cm³/mol. The van der Waals surface area contributed by atoms with E-state index in [9.17, 15) is 9.18 Å². The first kappa shape index (κ1) is 15.5. The van der Waals surface area contributed by atoms with Crippen molar-refractivity contribution < 1.29 is 13.9 Å². The normalized spacial score (nSPS) is 11.8. The molecule has 0 fully saturated rings. The highest BCUT2D eigenvalue weighted by Gasteiger charge is 2.17. The molecule has 0 aliphatic carbocycles. The van der Waals surface area contributed by atoms with Crippen molar-refractivity contribution in [3.63, 3.8) is 0 Å². The highest BCUT2D eigenvalue weighted by molar-refractivity contribution is 5.93. The van der Waals surface area contributed by atoms with Gasteiger partial charge in [0.15, 0.2) is 23.5 Å². The van der Waals surface area contributed by atoms with Crippen LogP contribution in [-0.2, 0) is 4.79 Å². The van der Waals surface area contributed by atoms with Gasteiger partial charge in [-0.1, -0.05) is 12.1 Å². The Hall–Kier alpha value is -3.36. The van der Waals surface area contributed by atoms with Crippen LogP contribution in [0.2, 0.25) is 0 Å². The molecule has 3 rings (SSSR count). The molecular weight excluding hydrogens is 315 g/mol. The summed E-state index contributed by atoms with van der Waals surface area (Å²) < 4.78 is 20.3. The molecule has 9 heteroatoms. The van der Waals surface area contributed by atoms with Gasteiger partial charge in [-0.25, -0.2) is 24.0 Å². The average molecular weight is 328 g/mol. The van der Waals surface area contributed by atoms with E-state index in [2.05, 4.69) is 25.4 Å². The minimum absolute atomic E-state index is 0.00569. The van der Waals surface area contributed by atoms with E-state index in [1.807, 2.05) is 0 Å². The first-order valence-electron chi connectivity index (χ1n) is 7.02. The number of ether oxygens (including phenoxy) is 1. The number of benzene rings is 1. The molecule has 2 aromatic heterocycles. The Bertz CT molecular complexity index is 839. The molecule has 1 atom stereocenters. The SMILES string of the molecule is CC(Oc1ccccc1F)C(=O)Nc1cc(-n2cncn2)ncn1. The van der Waals surface area contributed by atoms with E-state index in [1.165, 1.54) is 48.8 Å². The van der Waals surface area contributed by atoms with Crippen LogP contribution >= 0.6 is 0 Å². The summed E-state index contributed by atoms with van der Waals surface area (Å²) in [6, 6.07) is 7.40. The molecule has 0 saturated carbocycles. The van der Waals surface area contributed by atoms with Crippen LogP contribution in [-0.4, -0.2) is 36.7 Å². The Morgan fingerprint density at radius 2 is 2.12 bits per heavy atom. The molecule has 24 heavy (non-hydrogen) atoms. The van der Waals surface area contributed by atoms with Crippen LogP contribution in [0, 0.1) is 5.82 Å². The second-order valence-corrected chi connectivity index (χ2v) is 4.78. The van der Waals surface area contributed by atoms with Crippen molar-refractivity contribution in [2.24, 2.45) is 0 Å². The third kappa shape index (κ3) is 3.51. The van der Waals surface area contributed by atoms with E-state index in [-0.39, 0.29) is 11.6 Å². The topological polar surface area (TPSA) is 94.8 Å². The summed E-state index contributed by atoms with van der Waals surface area (Å²) in [5, 5.41) is 6.53. The van der Waals surface area contributed by atoms with Gasteiger partial charge in [-0.2, -0.15) is 5.10 Å². The fraction of sp³-hybridized carbons (Fsp3) is 0.133. The minimum Gasteiger partial charge on any atom is -0.478 e. The Balaban J connectivity index is 1.68. The maximum atomic E-state index is 13.6. The lowest BCUT2D eigenvalue weighted by Gasteiger charge is -2.14. The van der Waals surface area contributed by atoms with Crippen molar-refractivity contribution in [2.75, 3.05) is 5.32 Å². The van der Waals surface area contributed by atoms with Crippen molar-refractivity contribution >= 4 is 11.7 Å². The van der Waals surface area contributed by atoms with Gasteiger partial charge < -0.3 is 10.1 Å². The molecule has 2 heterocycles. The minimum atomic E-state index is -0.910. The Kier molecular flexibility index (Phi) is 4.41. The van der Waals surface area contributed by atoms with Crippen LogP contribution in [0.25, 0.3) is 5.82 Å². The maximum absolute atomic E-state index is 13.6. The number of rotatable bonds is 5. The summed E-state index contributed by atoms with van der Waals surface area (Å²) >= 11 is 0. The van der Waals surface area contributed by atoms with Crippen LogP contribution in [0.15, 0.2) is 49.3 Å². The molecule has 0 bridgehead atoms. The van der Waals surface area contributed by atoms with Gasteiger partial charge in [0.1, 0.15) is 24.8 Å². The molecule has 122 valence electrons. The van der Waals surface area contributed by atoms with E-state index >= 15 is 0 Å². The highest BCUT2D eigenvalue weighted by Crippen LogP contribution is 2.17. The average Bonchev–Trinajstić information content (AvgIpc) is 3.12. The zero-order valence-corrected chi connectivity index (χ0v) is 12.6. The molecule has 8 nitrogen and oxygen atoms in total. The number of amides is 1. The van der Waals surface area contributed by atoms with Gasteiger partial charge in [0.05, 0.1) is 0 Å². The Labute approximate surface area is 136 Å². The number of carbonyl (C=O) groups is 1. The molecule has 0 spiro atoms. The van der Waals surface area contributed by atoms with Gasteiger partial charge in [-0.05, 0) is 19.1 Å². The van der Waals surface area contributed by atoms with Gasteiger partial charge in [0.2, 0.25) is 0 Å². The fourth-order valence-electron chi connectivity index (χ4n) is 1.88. The van der Waals surface area contributed by atoms with Crippen LogP contribution < -0.4 is 10.1 Å². The summed E-state index contributed by atoms with van der Waals surface area (Å²) in [5.41, 5.74) is 0. The fourth-order valence-corrected chi connectivity index (χ4v) is 1.88. The van der Waals surface area contributed by atoms with Crippen molar-refractivity contribution in [2.45, 2.75) is 13.0 Å². The van der Waals surface area contributed by atoms with E-state index < -0.39 is 17.8 Å². The standard InChI is InChI=1S/C15H13FN6O2/c1-10(24-12-5-3-2-4-11(12)16)15(23)21-13-6-14(19-8-18-13)22-9-17-7-20-22/h2-10H,1H3,(H,18,19,21,23). The summed E-state index contributed by atoms with van der Waals surface area (Å²) in [4.78, 5) is 24.0. The second-order valence-electron chi connectivity index (χ2n) is 4.78. The molecule has 1 N–H and O–H groups in total. The molecule has 0 aliphatic heterocycles. The summed E-state index contributed by atoms with van der Waals surface area (Å²) in [7, 11) is 0. The summed E-state index contributed by atoms with van der Waals surface area (Å²) in [5.74, 6) is -0.287. The highest BCUT2D eigenvalue weighted by atomic mass is 19.1. The first-order chi connectivity index (χ1) is 11.6. The number of carbonyl (C=O) groups excluding carboxylic acids is 1. The number of hydrogen-bond donors (Lipinski definition) is 1. The molecule has 3 aromatic rings. The van der Waals surface area contributed by atoms with Crippen molar-refractivity contribution in [1.82, 2.24) is 24.7 Å². The molecule has 1 unspecified atom stereocenters. The predicted octanol–water partition coefficient (Wildman–Crippen LogP) is 1.60. The quantitative estimate of drug-likeness (QED) is 0.764. The van der Waals surface area contributed by atoms with Gasteiger partial charge in [0.25, 0.3) is 5.91 Å². The number of nitrogens with zero attached hydrogens (tertiary/aromatic N) is 5. The largest absolute Gasteiger partial charge is 0.478 e. The van der Waals surface area contributed by atoms with Crippen LogP contribution in [0.4, 0.5) is 10.2 Å². The molecule has 0 saturated heterocycles. The molecule has 0 radical (unpaired) electrons.